The molecule has 0 heterocycles. The van der Waals surface area contributed by atoms with E-state index in [-0.39, 0.29) is 11.8 Å². The number of aryl methyl sites for hydroxylation is 1. The zero-order chi connectivity index (χ0) is 20.9. The highest BCUT2D eigenvalue weighted by molar-refractivity contribution is 5.76. The fourth-order valence-electron chi connectivity index (χ4n) is 2.82. The van der Waals surface area contributed by atoms with Crippen LogP contribution in [0.5, 0.6) is 11.5 Å². The molecule has 0 aliphatic heterocycles. The lowest BCUT2D eigenvalue weighted by atomic mass is 10.0. The van der Waals surface area contributed by atoms with Crippen LogP contribution >= 0.6 is 0 Å². The molecule has 0 spiro atoms. The number of phenolic OH excluding ortho intramolecular Hbond substituents is 1. The fraction of sp³-hybridized carbons (Fsp3) is 0.409. The van der Waals surface area contributed by atoms with Crippen LogP contribution in [0.1, 0.15) is 43.6 Å². The minimum Gasteiger partial charge on any atom is -0.508 e. The van der Waals surface area contributed by atoms with Gasteiger partial charge in [0.1, 0.15) is 11.5 Å². The van der Waals surface area contributed by atoms with Gasteiger partial charge in [-0.3, -0.25) is 0 Å². The molecule has 0 aliphatic rings. The average molecular weight is 387 g/mol. The molecule has 0 aromatic heterocycles. The first-order valence-electron chi connectivity index (χ1n) is 9.32. The number of hydrogen-bond acceptors (Lipinski definition) is 5. The zero-order valence-electron chi connectivity index (χ0n) is 16.8. The van der Waals surface area contributed by atoms with Gasteiger partial charge in [-0.05, 0) is 75.5 Å². The van der Waals surface area contributed by atoms with Crippen molar-refractivity contribution in [3.05, 3.63) is 59.2 Å². The molecule has 6 heteroatoms. The molecule has 2 aromatic rings. The number of aromatic hydroxyl groups is 1. The Kier molecular flexibility index (Phi) is 7.05. The monoisotopic (exact) mass is 387 g/mol. The summed E-state index contributed by atoms with van der Waals surface area (Å²) in [4.78, 5) is 11.2. The fourth-order valence-corrected chi connectivity index (χ4v) is 2.82. The Morgan fingerprint density at radius 2 is 1.82 bits per heavy atom. The van der Waals surface area contributed by atoms with Crippen LogP contribution in [0.3, 0.4) is 0 Å². The maximum Gasteiger partial charge on any atom is 0.347 e. The quantitative estimate of drug-likeness (QED) is 0.527. The van der Waals surface area contributed by atoms with E-state index in [4.69, 9.17) is 4.74 Å². The van der Waals surface area contributed by atoms with Crippen molar-refractivity contribution in [1.82, 2.24) is 5.32 Å². The number of hydrogen-bond donors (Lipinski definition) is 4. The SMILES string of the molecule is Cc1cc(CCN[C@@H](C)[C@H](O)c2ccc(O)cc2)ccc1OC(C)(C)C(=O)O. The van der Waals surface area contributed by atoms with E-state index in [1.165, 1.54) is 13.8 Å². The third kappa shape index (κ3) is 5.71. The van der Waals surface area contributed by atoms with Crippen LogP contribution in [0.15, 0.2) is 42.5 Å². The first kappa shape index (κ1) is 21.7. The highest BCUT2D eigenvalue weighted by Gasteiger charge is 2.29. The molecule has 2 atom stereocenters. The number of ether oxygens (including phenoxy) is 1. The Labute approximate surface area is 165 Å². The highest BCUT2D eigenvalue weighted by atomic mass is 16.5. The van der Waals surface area contributed by atoms with Crippen LogP contribution in [0.25, 0.3) is 0 Å². The Hall–Kier alpha value is -2.57. The van der Waals surface area contributed by atoms with Gasteiger partial charge in [0, 0.05) is 6.04 Å². The Bertz CT molecular complexity index is 801. The van der Waals surface area contributed by atoms with Gasteiger partial charge in [0.05, 0.1) is 6.10 Å². The molecule has 0 saturated heterocycles. The maximum atomic E-state index is 11.2. The summed E-state index contributed by atoms with van der Waals surface area (Å²) in [7, 11) is 0. The number of aliphatic hydroxyl groups excluding tert-OH is 1. The number of aliphatic hydroxyl groups is 1. The normalized spacial score (nSPS) is 13.8. The summed E-state index contributed by atoms with van der Waals surface area (Å²) < 4.78 is 5.61. The second kappa shape index (κ2) is 9.08. The number of aliphatic carboxylic acids is 1. The predicted molar refractivity (Wildman–Crippen MR) is 108 cm³/mol. The van der Waals surface area contributed by atoms with Gasteiger partial charge >= 0.3 is 5.97 Å². The molecule has 2 aromatic carbocycles. The molecule has 0 amide bonds. The van der Waals surface area contributed by atoms with Crippen molar-refractivity contribution < 1.29 is 24.9 Å². The van der Waals surface area contributed by atoms with E-state index in [1.54, 1.807) is 30.3 Å². The first-order chi connectivity index (χ1) is 13.1. The zero-order valence-corrected chi connectivity index (χ0v) is 16.8. The lowest BCUT2D eigenvalue weighted by Gasteiger charge is -2.23. The minimum absolute atomic E-state index is 0.149. The van der Waals surface area contributed by atoms with E-state index in [0.717, 1.165) is 23.1 Å². The van der Waals surface area contributed by atoms with Crippen molar-refractivity contribution in [2.24, 2.45) is 0 Å². The van der Waals surface area contributed by atoms with Crippen LogP contribution in [-0.2, 0) is 11.2 Å². The summed E-state index contributed by atoms with van der Waals surface area (Å²) in [6.45, 7) is 7.52. The van der Waals surface area contributed by atoms with E-state index < -0.39 is 17.7 Å². The highest BCUT2D eigenvalue weighted by Crippen LogP contribution is 2.24. The third-order valence-electron chi connectivity index (χ3n) is 4.71. The van der Waals surface area contributed by atoms with Crippen LogP contribution in [0.4, 0.5) is 0 Å². The van der Waals surface area contributed by atoms with E-state index in [9.17, 15) is 20.1 Å². The summed E-state index contributed by atoms with van der Waals surface area (Å²) in [5.74, 6) is -0.285. The van der Waals surface area contributed by atoms with Crippen LogP contribution in [0.2, 0.25) is 0 Å². The standard InChI is InChI=1S/C22H29NO5/c1-14-13-16(5-10-19(14)28-22(3,4)21(26)27)11-12-23-15(2)20(25)17-6-8-18(24)9-7-17/h5-10,13,15,20,23-25H,11-12H2,1-4H3,(H,26,27)/t15-,20-/m0/s1. The van der Waals surface area contributed by atoms with Crippen LogP contribution < -0.4 is 10.1 Å². The average Bonchev–Trinajstić information content (AvgIpc) is 2.63. The van der Waals surface area contributed by atoms with Gasteiger partial charge in [0.2, 0.25) is 0 Å². The first-order valence-corrected chi connectivity index (χ1v) is 9.32. The Morgan fingerprint density at radius 1 is 1.18 bits per heavy atom. The van der Waals surface area contributed by atoms with Crippen LogP contribution in [0, 0.1) is 6.92 Å². The summed E-state index contributed by atoms with van der Waals surface area (Å²) >= 11 is 0. The number of carbonyl (C=O) groups is 1. The van der Waals surface area contributed by atoms with Crippen molar-refractivity contribution in [2.75, 3.05) is 6.54 Å². The molecule has 2 rings (SSSR count). The Balaban J connectivity index is 1.89. The molecule has 0 radical (unpaired) electrons. The number of phenols is 1. The van der Waals surface area contributed by atoms with Gasteiger partial charge in [0.15, 0.2) is 5.60 Å². The van der Waals surface area contributed by atoms with Crippen molar-refractivity contribution >= 4 is 5.97 Å². The van der Waals surface area contributed by atoms with Crippen LogP contribution in [-0.4, -0.2) is 39.5 Å². The largest absolute Gasteiger partial charge is 0.508 e. The number of carboxylic acids is 1. The minimum atomic E-state index is -1.28. The summed E-state index contributed by atoms with van der Waals surface area (Å²) in [6.07, 6.45) is 0.0900. The second-order valence-electron chi connectivity index (χ2n) is 7.55. The number of nitrogens with one attached hydrogen (secondary N) is 1. The number of carboxylic acid groups (broad SMARTS) is 1. The summed E-state index contributed by atoms with van der Waals surface area (Å²) in [5.41, 5.74) is 1.44. The van der Waals surface area contributed by atoms with Gasteiger partial charge in [0.25, 0.3) is 0 Å². The molecule has 0 bridgehead atoms. The van der Waals surface area contributed by atoms with E-state index >= 15 is 0 Å². The van der Waals surface area contributed by atoms with Gasteiger partial charge < -0.3 is 25.4 Å². The maximum absolute atomic E-state index is 11.2. The lowest BCUT2D eigenvalue weighted by molar-refractivity contribution is -0.152. The van der Waals surface area contributed by atoms with Crippen molar-refractivity contribution in [2.45, 2.75) is 51.9 Å². The van der Waals surface area contributed by atoms with Gasteiger partial charge in [-0.15, -0.1) is 0 Å². The molecule has 0 aliphatic carbocycles. The molecule has 0 saturated carbocycles. The molecular weight excluding hydrogens is 358 g/mol. The molecule has 28 heavy (non-hydrogen) atoms. The van der Waals surface area contributed by atoms with Crippen molar-refractivity contribution in [1.29, 1.82) is 0 Å². The molecule has 152 valence electrons. The van der Waals surface area contributed by atoms with E-state index in [1.807, 2.05) is 26.0 Å². The Morgan fingerprint density at radius 3 is 2.39 bits per heavy atom. The smallest absolute Gasteiger partial charge is 0.347 e. The van der Waals surface area contributed by atoms with Gasteiger partial charge in [-0.1, -0.05) is 24.3 Å². The molecule has 4 N–H and O–H groups in total. The van der Waals surface area contributed by atoms with Gasteiger partial charge in [-0.25, -0.2) is 4.79 Å². The van der Waals surface area contributed by atoms with Crippen molar-refractivity contribution in [3.8, 4) is 11.5 Å². The van der Waals surface area contributed by atoms with Crippen molar-refractivity contribution in [3.63, 3.8) is 0 Å². The third-order valence-corrected chi connectivity index (χ3v) is 4.71. The van der Waals surface area contributed by atoms with E-state index in [2.05, 4.69) is 5.32 Å². The number of benzene rings is 2. The van der Waals surface area contributed by atoms with E-state index in [0.29, 0.717) is 12.3 Å². The number of rotatable bonds is 9. The molecule has 6 nitrogen and oxygen atoms in total. The predicted octanol–water partition coefficient (Wildman–Crippen LogP) is 3.20. The molecule has 0 unspecified atom stereocenters. The second-order valence-corrected chi connectivity index (χ2v) is 7.55. The summed E-state index contributed by atoms with van der Waals surface area (Å²) in [6, 6.07) is 12.1. The molecular formula is C22H29NO5. The topological polar surface area (TPSA) is 99.0 Å². The summed E-state index contributed by atoms with van der Waals surface area (Å²) in [5, 5.41) is 32.2. The van der Waals surface area contributed by atoms with Gasteiger partial charge in [-0.2, -0.15) is 0 Å². The molecule has 0 fully saturated rings. The lowest BCUT2D eigenvalue weighted by Crippen LogP contribution is -2.38.